The normalized spacial score (nSPS) is 23.2. The molecule has 0 saturated carbocycles. The van der Waals surface area contributed by atoms with E-state index in [0.717, 1.165) is 16.7 Å². The van der Waals surface area contributed by atoms with Crippen LogP contribution in [0.2, 0.25) is 0 Å². The highest BCUT2D eigenvalue weighted by Gasteiger charge is 2.54. The van der Waals surface area contributed by atoms with Crippen LogP contribution in [0.4, 0.5) is 4.79 Å². The second-order valence-corrected chi connectivity index (χ2v) is 9.14. The Hall–Kier alpha value is -3.93. The van der Waals surface area contributed by atoms with E-state index < -0.39 is 29.8 Å². The predicted octanol–water partition coefficient (Wildman–Crippen LogP) is 5.15. The van der Waals surface area contributed by atoms with Gasteiger partial charge in [0.2, 0.25) is 5.91 Å². The van der Waals surface area contributed by atoms with Crippen molar-refractivity contribution in [3.8, 4) is 0 Å². The average molecular weight is 455 g/mol. The molecule has 1 saturated heterocycles. The largest absolute Gasteiger partial charge is 0.441 e. The molecule has 172 valence electrons. The minimum absolute atomic E-state index is 0.370. The highest BCUT2D eigenvalue weighted by atomic mass is 16.6. The molecule has 0 radical (unpaired) electrons. The molecule has 1 fully saturated rings. The molecule has 2 aliphatic rings. The van der Waals surface area contributed by atoms with Gasteiger partial charge in [0.25, 0.3) is 0 Å². The van der Waals surface area contributed by atoms with Gasteiger partial charge in [-0.05, 0) is 31.4 Å². The van der Waals surface area contributed by atoms with E-state index in [0.29, 0.717) is 12.1 Å². The van der Waals surface area contributed by atoms with Crippen molar-refractivity contribution in [2.75, 3.05) is 0 Å². The maximum atomic E-state index is 14.2. The summed E-state index contributed by atoms with van der Waals surface area (Å²) in [6.07, 6.45) is -0.785. The summed E-state index contributed by atoms with van der Waals surface area (Å²) in [4.78, 5) is 34.4. The molecule has 0 bridgehead atoms. The molecule has 0 spiro atoms. The first-order chi connectivity index (χ1) is 16.5. The molecule has 6 nitrogen and oxygen atoms in total. The van der Waals surface area contributed by atoms with Crippen molar-refractivity contribution in [1.29, 1.82) is 0 Å². The number of carbonyl (C=O) groups is 2. The fraction of sp³-hybridized carbons (Fsp3) is 0.250. The number of nitrogens with zero attached hydrogens (tertiary/aromatic N) is 2. The molecule has 2 heterocycles. The number of ether oxygens (including phenoxy) is 1. The van der Waals surface area contributed by atoms with Gasteiger partial charge in [0.15, 0.2) is 6.10 Å². The van der Waals surface area contributed by atoms with E-state index in [-0.39, 0.29) is 5.91 Å². The standard InChI is InChI=1S/C28H26N2O4/c1-28(2)22(18-19-12-6-3-7-13-19)30(27(32)33-28)26(31)23-24(20-14-8-4-9-15-20)29-34-25(23)21-16-10-5-11-17-21/h3-17,22-23,25H,18H2,1-2H3/t22-,23-,25?/m0/s1. The van der Waals surface area contributed by atoms with Gasteiger partial charge in [0.05, 0.1) is 6.04 Å². The van der Waals surface area contributed by atoms with E-state index in [4.69, 9.17) is 9.57 Å². The molecule has 0 aliphatic carbocycles. The van der Waals surface area contributed by atoms with Gasteiger partial charge < -0.3 is 9.57 Å². The molecule has 3 aromatic rings. The van der Waals surface area contributed by atoms with Crippen LogP contribution in [0.25, 0.3) is 0 Å². The van der Waals surface area contributed by atoms with Crippen LogP contribution in [0.3, 0.4) is 0 Å². The number of imide groups is 1. The molecule has 6 heteroatoms. The monoisotopic (exact) mass is 454 g/mol. The fourth-order valence-corrected chi connectivity index (χ4v) is 4.71. The van der Waals surface area contributed by atoms with E-state index in [9.17, 15) is 9.59 Å². The Morgan fingerprint density at radius 1 is 0.912 bits per heavy atom. The van der Waals surface area contributed by atoms with Gasteiger partial charge in [-0.25, -0.2) is 9.69 Å². The van der Waals surface area contributed by atoms with Crippen molar-refractivity contribution in [2.45, 2.75) is 38.0 Å². The third-order valence-electron chi connectivity index (χ3n) is 6.50. The number of carbonyl (C=O) groups excluding carboxylic acids is 2. The molecule has 5 rings (SSSR count). The fourth-order valence-electron chi connectivity index (χ4n) is 4.71. The first-order valence-corrected chi connectivity index (χ1v) is 11.4. The summed E-state index contributed by atoms with van der Waals surface area (Å²) in [6.45, 7) is 3.69. The highest BCUT2D eigenvalue weighted by Crippen LogP contribution is 2.40. The zero-order chi connectivity index (χ0) is 23.7. The van der Waals surface area contributed by atoms with Gasteiger partial charge in [-0.1, -0.05) is 96.2 Å². The first-order valence-electron chi connectivity index (χ1n) is 11.4. The number of hydrogen-bond donors (Lipinski definition) is 0. The van der Waals surface area contributed by atoms with Gasteiger partial charge >= 0.3 is 6.09 Å². The van der Waals surface area contributed by atoms with Crippen molar-refractivity contribution < 1.29 is 19.2 Å². The number of rotatable bonds is 5. The van der Waals surface area contributed by atoms with Crippen LogP contribution in [-0.2, 0) is 20.8 Å². The minimum atomic E-state index is -0.839. The number of cyclic esters (lactones) is 1. The lowest BCUT2D eigenvalue weighted by Crippen LogP contribution is -2.50. The molecule has 0 aromatic heterocycles. The second-order valence-electron chi connectivity index (χ2n) is 9.14. The maximum Gasteiger partial charge on any atom is 0.417 e. The quantitative estimate of drug-likeness (QED) is 0.535. The number of benzene rings is 3. The lowest BCUT2D eigenvalue weighted by atomic mass is 9.86. The van der Waals surface area contributed by atoms with E-state index in [2.05, 4.69) is 5.16 Å². The maximum absolute atomic E-state index is 14.2. The Kier molecular flexibility index (Phi) is 5.65. The van der Waals surface area contributed by atoms with Crippen LogP contribution in [0.15, 0.2) is 96.2 Å². The van der Waals surface area contributed by atoms with Crippen LogP contribution in [-0.4, -0.2) is 34.3 Å². The van der Waals surface area contributed by atoms with Crippen molar-refractivity contribution in [3.05, 3.63) is 108 Å². The molecule has 2 aliphatic heterocycles. The molecule has 3 atom stereocenters. The van der Waals surface area contributed by atoms with Crippen molar-refractivity contribution in [1.82, 2.24) is 4.90 Å². The third-order valence-corrected chi connectivity index (χ3v) is 6.50. The SMILES string of the molecule is CC1(C)OC(=O)N(C(=O)[C@H]2C(c3ccccc3)=NOC2c2ccccc2)[C@H]1Cc1ccccc1. The molecular weight excluding hydrogens is 428 g/mol. The average Bonchev–Trinajstić information content (AvgIpc) is 3.39. The van der Waals surface area contributed by atoms with E-state index >= 15 is 0 Å². The summed E-state index contributed by atoms with van der Waals surface area (Å²) >= 11 is 0. The van der Waals surface area contributed by atoms with Crippen LogP contribution in [0.5, 0.6) is 0 Å². The Labute approximate surface area is 198 Å². The van der Waals surface area contributed by atoms with Gasteiger partial charge in [-0.15, -0.1) is 0 Å². The Bertz CT molecular complexity index is 1210. The topological polar surface area (TPSA) is 68.2 Å². The van der Waals surface area contributed by atoms with Crippen molar-refractivity contribution >= 4 is 17.7 Å². The molecule has 34 heavy (non-hydrogen) atoms. The molecule has 0 N–H and O–H groups in total. The lowest BCUT2D eigenvalue weighted by Gasteiger charge is -2.30. The molecule has 2 amide bonds. The predicted molar refractivity (Wildman–Crippen MR) is 128 cm³/mol. The summed E-state index contributed by atoms with van der Waals surface area (Å²) in [7, 11) is 0. The number of hydrogen-bond acceptors (Lipinski definition) is 5. The molecule has 3 aromatic carbocycles. The summed E-state index contributed by atoms with van der Waals surface area (Å²) in [5, 5.41) is 4.33. The molecule has 1 unspecified atom stereocenters. The first kappa shape index (κ1) is 21.9. The van der Waals surface area contributed by atoms with Crippen LogP contribution < -0.4 is 0 Å². The van der Waals surface area contributed by atoms with Gasteiger partial charge in [0.1, 0.15) is 17.2 Å². The summed E-state index contributed by atoms with van der Waals surface area (Å²) in [5.41, 5.74) is 2.30. The van der Waals surface area contributed by atoms with Crippen LogP contribution >= 0.6 is 0 Å². The van der Waals surface area contributed by atoms with Gasteiger partial charge in [-0.3, -0.25) is 4.79 Å². The van der Waals surface area contributed by atoms with E-state index in [1.54, 1.807) is 0 Å². The lowest BCUT2D eigenvalue weighted by molar-refractivity contribution is -0.134. The molecular formula is C28H26N2O4. The number of oxime groups is 1. The zero-order valence-electron chi connectivity index (χ0n) is 19.1. The Morgan fingerprint density at radius 3 is 2.15 bits per heavy atom. The van der Waals surface area contributed by atoms with Crippen molar-refractivity contribution in [2.24, 2.45) is 11.1 Å². The van der Waals surface area contributed by atoms with Gasteiger partial charge in [0, 0.05) is 5.56 Å². The summed E-state index contributed by atoms with van der Waals surface area (Å²) in [6, 6.07) is 28.3. The highest BCUT2D eigenvalue weighted by molar-refractivity contribution is 6.16. The second kappa shape index (κ2) is 8.78. The summed E-state index contributed by atoms with van der Waals surface area (Å²) < 4.78 is 5.69. The van der Waals surface area contributed by atoms with E-state index in [1.807, 2.05) is 105 Å². The van der Waals surface area contributed by atoms with Crippen LogP contribution in [0, 0.1) is 5.92 Å². The van der Waals surface area contributed by atoms with Crippen molar-refractivity contribution in [3.63, 3.8) is 0 Å². The zero-order valence-corrected chi connectivity index (χ0v) is 19.1. The van der Waals surface area contributed by atoms with Crippen LogP contribution in [0.1, 0.15) is 36.6 Å². The Morgan fingerprint density at radius 2 is 1.50 bits per heavy atom. The van der Waals surface area contributed by atoms with Gasteiger partial charge in [-0.2, -0.15) is 0 Å². The summed E-state index contributed by atoms with van der Waals surface area (Å²) in [5.74, 6) is -1.16. The smallest absolute Gasteiger partial charge is 0.417 e. The minimum Gasteiger partial charge on any atom is -0.441 e. The van der Waals surface area contributed by atoms with E-state index in [1.165, 1.54) is 4.90 Å². The third kappa shape index (κ3) is 3.96. The number of amides is 2. The Balaban J connectivity index is 1.54.